The van der Waals surface area contributed by atoms with Crippen molar-refractivity contribution in [2.75, 3.05) is 50.2 Å². The number of nitrogens with zero attached hydrogens (tertiary/aromatic N) is 1. The minimum Gasteiger partial charge on any atom is -0.465 e. The Morgan fingerprint density at radius 3 is 2.40 bits per heavy atom. The van der Waals surface area contributed by atoms with Gasteiger partial charge in [0.25, 0.3) is 5.91 Å². The topological polar surface area (TPSA) is 110 Å². The summed E-state index contributed by atoms with van der Waals surface area (Å²) >= 11 is 0. The van der Waals surface area contributed by atoms with Gasteiger partial charge in [0.1, 0.15) is 5.69 Å². The Labute approximate surface area is 174 Å². The number of nitrogens with one attached hydrogen (secondary N) is 2. The van der Waals surface area contributed by atoms with E-state index in [-0.39, 0.29) is 11.3 Å². The number of carbonyl (C=O) groups is 3. The van der Waals surface area contributed by atoms with Crippen LogP contribution >= 0.6 is 0 Å². The number of hydrogen-bond acceptors (Lipinski definition) is 7. The maximum absolute atomic E-state index is 12.3. The number of aromatic nitrogens is 1. The lowest BCUT2D eigenvalue weighted by Crippen LogP contribution is -2.36. The van der Waals surface area contributed by atoms with Gasteiger partial charge in [-0.05, 0) is 43.7 Å². The molecule has 0 radical (unpaired) electrons. The van der Waals surface area contributed by atoms with Gasteiger partial charge in [0.2, 0.25) is 0 Å². The first-order chi connectivity index (χ1) is 14.4. The quantitative estimate of drug-likeness (QED) is 0.695. The smallest absolute Gasteiger partial charge is 0.355 e. The Bertz CT molecular complexity index is 929. The molecule has 3 rings (SSSR count). The summed E-state index contributed by atoms with van der Waals surface area (Å²) in [4.78, 5) is 41.3. The van der Waals surface area contributed by atoms with E-state index in [2.05, 4.69) is 15.2 Å². The van der Waals surface area contributed by atoms with Crippen molar-refractivity contribution < 1.29 is 28.6 Å². The van der Waals surface area contributed by atoms with Gasteiger partial charge < -0.3 is 29.4 Å². The van der Waals surface area contributed by atoms with Gasteiger partial charge in [-0.1, -0.05) is 0 Å². The fourth-order valence-corrected chi connectivity index (χ4v) is 3.34. The minimum atomic E-state index is -0.719. The molecule has 0 atom stereocenters. The molecule has 0 aliphatic carbocycles. The van der Waals surface area contributed by atoms with E-state index in [4.69, 9.17) is 14.2 Å². The number of rotatable bonds is 6. The second-order valence-corrected chi connectivity index (χ2v) is 6.89. The van der Waals surface area contributed by atoms with Crippen molar-refractivity contribution in [1.82, 2.24) is 4.98 Å². The molecule has 1 saturated heterocycles. The molecule has 2 heterocycles. The van der Waals surface area contributed by atoms with Gasteiger partial charge in [0, 0.05) is 30.2 Å². The lowest BCUT2D eigenvalue weighted by Gasteiger charge is -2.28. The summed E-state index contributed by atoms with van der Waals surface area (Å²) < 4.78 is 15.1. The molecule has 160 valence electrons. The monoisotopic (exact) mass is 415 g/mol. The Kier molecular flexibility index (Phi) is 6.73. The average Bonchev–Trinajstić information content (AvgIpc) is 3.06. The van der Waals surface area contributed by atoms with Crippen molar-refractivity contribution in [3.63, 3.8) is 0 Å². The lowest BCUT2D eigenvalue weighted by molar-refractivity contribution is -0.119. The largest absolute Gasteiger partial charge is 0.465 e. The molecule has 1 aliphatic heterocycles. The van der Waals surface area contributed by atoms with Crippen LogP contribution < -0.4 is 10.2 Å². The predicted molar refractivity (Wildman–Crippen MR) is 110 cm³/mol. The average molecular weight is 415 g/mol. The van der Waals surface area contributed by atoms with Gasteiger partial charge in [-0.3, -0.25) is 4.79 Å². The van der Waals surface area contributed by atoms with E-state index in [1.165, 1.54) is 7.11 Å². The van der Waals surface area contributed by atoms with Crippen molar-refractivity contribution in [2.45, 2.75) is 13.8 Å². The van der Waals surface area contributed by atoms with E-state index < -0.39 is 24.5 Å². The molecule has 2 N–H and O–H groups in total. The zero-order valence-corrected chi connectivity index (χ0v) is 17.2. The number of aromatic amines is 1. The number of amides is 1. The number of morpholine rings is 1. The molecule has 1 aliphatic rings. The summed E-state index contributed by atoms with van der Waals surface area (Å²) in [7, 11) is 1.27. The summed E-state index contributed by atoms with van der Waals surface area (Å²) in [5, 5.41) is 2.69. The standard InChI is InChI=1S/C21H25N3O6/c1-13-18(20(26)28-3)14(2)22-19(13)21(27)30-12-17(25)23-15-4-6-16(7-5-15)24-8-10-29-11-9-24/h4-7,22H,8-12H2,1-3H3,(H,23,25). The van der Waals surface area contributed by atoms with Gasteiger partial charge in [-0.15, -0.1) is 0 Å². The number of methoxy groups -OCH3 is 1. The van der Waals surface area contributed by atoms with Crippen LogP contribution in [0.1, 0.15) is 32.1 Å². The first-order valence-corrected chi connectivity index (χ1v) is 9.58. The van der Waals surface area contributed by atoms with Gasteiger partial charge in [-0.25, -0.2) is 9.59 Å². The van der Waals surface area contributed by atoms with Crippen LogP contribution in [0.4, 0.5) is 11.4 Å². The van der Waals surface area contributed by atoms with Crippen molar-refractivity contribution in [1.29, 1.82) is 0 Å². The second-order valence-electron chi connectivity index (χ2n) is 6.89. The van der Waals surface area contributed by atoms with E-state index >= 15 is 0 Å². The van der Waals surface area contributed by atoms with Crippen molar-refractivity contribution in [2.24, 2.45) is 0 Å². The van der Waals surface area contributed by atoms with E-state index in [1.54, 1.807) is 26.0 Å². The first-order valence-electron chi connectivity index (χ1n) is 9.58. The van der Waals surface area contributed by atoms with Crippen molar-refractivity contribution >= 4 is 29.2 Å². The number of esters is 2. The molecule has 9 heteroatoms. The molecule has 0 unspecified atom stereocenters. The molecule has 0 saturated carbocycles. The summed E-state index contributed by atoms with van der Waals surface area (Å²) in [6.07, 6.45) is 0. The van der Waals surface area contributed by atoms with E-state index in [1.807, 2.05) is 12.1 Å². The first kappa shape index (κ1) is 21.4. The van der Waals surface area contributed by atoms with Crippen LogP contribution in [0.3, 0.4) is 0 Å². The number of aryl methyl sites for hydroxylation is 1. The SMILES string of the molecule is COC(=O)c1c(C)[nH]c(C(=O)OCC(=O)Nc2ccc(N3CCOCC3)cc2)c1C. The molecule has 1 aromatic carbocycles. The highest BCUT2D eigenvalue weighted by Crippen LogP contribution is 2.20. The Morgan fingerprint density at radius 2 is 1.77 bits per heavy atom. The predicted octanol–water partition coefficient (Wildman–Crippen LogP) is 2.05. The summed E-state index contributed by atoms with van der Waals surface area (Å²) in [5.41, 5.74) is 2.99. The molecule has 0 spiro atoms. The zero-order chi connectivity index (χ0) is 21.7. The van der Waals surface area contributed by atoms with E-state index in [0.717, 1.165) is 18.8 Å². The highest BCUT2D eigenvalue weighted by molar-refractivity contribution is 5.99. The number of benzene rings is 1. The van der Waals surface area contributed by atoms with Crippen molar-refractivity contribution in [3.05, 3.63) is 46.8 Å². The van der Waals surface area contributed by atoms with Crippen LogP contribution in [-0.2, 0) is 19.0 Å². The lowest BCUT2D eigenvalue weighted by atomic mass is 10.1. The maximum Gasteiger partial charge on any atom is 0.355 e. The molecule has 1 fully saturated rings. The van der Waals surface area contributed by atoms with Crippen LogP contribution in [0, 0.1) is 13.8 Å². The molecule has 9 nitrogen and oxygen atoms in total. The Balaban J connectivity index is 1.54. The van der Waals surface area contributed by atoms with Crippen LogP contribution in [0.2, 0.25) is 0 Å². The summed E-state index contributed by atoms with van der Waals surface area (Å²) in [6.45, 7) is 5.88. The highest BCUT2D eigenvalue weighted by Gasteiger charge is 2.23. The number of anilines is 2. The normalized spacial score (nSPS) is 13.6. The minimum absolute atomic E-state index is 0.121. The molecular weight excluding hydrogens is 390 g/mol. The second kappa shape index (κ2) is 9.45. The van der Waals surface area contributed by atoms with Crippen LogP contribution in [0.25, 0.3) is 0 Å². The molecular formula is C21H25N3O6. The zero-order valence-electron chi connectivity index (χ0n) is 17.2. The number of H-pyrrole nitrogens is 1. The third-order valence-corrected chi connectivity index (χ3v) is 4.89. The summed E-state index contributed by atoms with van der Waals surface area (Å²) in [5.74, 6) is -1.72. The maximum atomic E-state index is 12.3. The molecule has 30 heavy (non-hydrogen) atoms. The molecule has 2 aromatic rings. The Morgan fingerprint density at radius 1 is 1.10 bits per heavy atom. The fourth-order valence-electron chi connectivity index (χ4n) is 3.34. The van der Waals surface area contributed by atoms with Crippen LogP contribution in [0.15, 0.2) is 24.3 Å². The van der Waals surface area contributed by atoms with E-state index in [9.17, 15) is 14.4 Å². The molecule has 1 aromatic heterocycles. The van der Waals surface area contributed by atoms with Gasteiger partial charge >= 0.3 is 11.9 Å². The van der Waals surface area contributed by atoms with E-state index in [0.29, 0.717) is 30.2 Å². The van der Waals surface area contributed by atoms with Gasteiger partial charge in [0.15, 0.2) is 6.61 Å². The van der Waals surface area contributed by atoms with Gasteiger partial charge in [-0.2, -0.15) is 0 Å². The molecule has 1 amide bonds. The number of ether oxygens (including phenoxy) is 3. The fraction of sp³-hybridized carbons (Fsp3) is 0.381. The highest BCUT2D eigenvalue weighted by atomic mass is 16.5. The third kappa shape index (κ3) is 4.80. The number of carbonyl (C=O) groups excluding carboxylic acids is 3. The number of hydrogen-bond donors (Lipinski definition) is 2. The third-order valence-electron chi connectivity index (χ3n) is 4.89. The Hall–Kier alpha value is -3.33. The van der Waals surface area contributed by atoms with Crippen LogP contribution in [-0.4, -0.2) is 62.8 Å². The summed E-state index contributed by atoms with van der Waals surface area (Å²) in [6, 6.07) is 7.44. The van der Waals surface area contributed by atoms with Crippen molar-refractivity contribution in [3.8, 4) is 0 Å². The van der Waals surface area contributed by atoms with Crippen LogP contribution in [0.5, 0.6) is 0 Å². The molecule has 0 bridgehead atoms. The van der Waals surface area contributed by atoms with Gasteiger partial charge in [0.05, 0.1) is 25.9 Å².